The highest BCUT2D eigenvalue weighted by atomic mass is 35.5. The van der Waals surface area contributed by atoms with Gasteiger partial charge in [0.25, 0.3) is 0 Å². The van der Waals surface area contributed by atoms with Gasteiger partial charge in [0.2, 0.25) is 5.89 Å². The fraction of sp³-hybridized carbons (Fsp3) is 0. The lowest BCUT2D eigenvalue weighted by Gasteiger charge is -1.96. The molecule has 0 radical (unpaired) electrons. The second-order valence-electron chi connectivity index (χ2n) is 3.32. The van der Waals surface area contributed by atoms with Gasteiger partial charge in [-0.3, -0.25) is 0 Å². The monoisotopic (exact) mass is 230 g/mol. The van der Waals surface area contributed by atoms with Crippen LogP contribution in [-0.4, -0.2) is 9.97 Å². The SMILES string of the molecule is Clc1ccccc1-c1nc2ncccc2o1. The lowest BCUT2D eigenvalue weighted by atomic mass is 10.2. The maximum absolute atomic E-state index is 6.07. The highest BCUT2D eigenvalue weighted by Gasteiger charge is 2.10. The van der Waals surface area contributed by atoms with Crippen LogP contribution >= 0.6 is 11.6 Å². The van der Waals surface area contributed by atoms with E-state index < -0.39 is 0 Å². The summed E-state index contributed by atoms with van der Waals surface area (Å²) in [4.78, 5) is 8.39. The molecule has 4 heteroatoms. The summed E-state index contributed by atoms with van der Waals surface area (Å²) in [7, 11) is 0. The maximum Gasteiger partial charge on any atom is 0.230 e. The van der Waals surface area contributed by atoms with Gasteiger partial charge in [0, 0.05) is 6.20 Å². The Balaban J connectivity index is 2.23. The van der Waals surface area contributed by atoms with Crippen molar-refractivity contribution in [3.8, 4) is 11.5 Å². The zero-order valence-electron chi connectivity index (χ0n) is 8.22. The van der Waals surface area contributed by atoms with Crippen LogP contribution in [0.25, 0.3) is 22.7 Å². The first-order valence-electron chi connectivity index (χ1n) is 4.81. The first kappa shape index (κ1) is 9.36. The van der Waals surface area contributed by atoms with Crippen molar-refractivity contribution in [2.75, 3.05) is 0 Å². The fourth-order valence-corrected chi connectivity index (χ4v) is 1.74. The smallest absolute Gasteiger partial charge is 0.230 e. The van der Waals surface area contributed by atoms with Gasteiger partial charge in [0.15, 0.2) is 11.2 Å². The summed E-state index contributed by atoms with van der Waals surface area (Å²) >= 11 is 6.07. The Morgan fingerprint density at radius 2 is 1.94 bits per heavy atom. The van der Waals surface area contributed by atoms with E-state index in [4.69, 9.17) is 16.0 Å². The normalized spacial score (nSPS) is 10.8. The molecule has 0 atom stereocenters. The van der Waals surface area contributed by atoms with Crippen molar-refractivity contribution >= 4 is 22.8 Å². The summed E-state index contributed by atoms with van der Waals surface area (Å²) < 4.78 is 5.58. The molecule has 3 nitrogen and oxygen atoms in total. The van der Waals surface area contributed by atoms with Crippen LogP contribution in [0.3, 0.4) is 0 Å². The minimum atomic E-state index is 0.499. The van der Waals surface area contributed by atoms with Crippen molar-refractivity contribution in [3.05, 3.63) is 47.6 Å². The Morgan fingerprint density at radius 1 is 1.06 bits per heavy atom. The standard InChI is InChI=1S/C12H7ClN2O/c13-9-5-2-1-4-8(9)12-15-11-10(16-12)6-3-7-14-11/h1-7H. The number of hydrogen-bond acceptors (Lipinski definition) is 3. The molecule has 0 aliphatic rings. The van der Waals surface area contributed by atoms with Crippen LogP contribution in [0.4, 0.5) is 0 Å². The van der Waals surface area contributed by atoms with Gasteiger partial charge in [-0.2, -0.15) is 4.98 Å². The van der Waals surface area contributed by atoms with Crippen molar-refractivity contribution in [3.63, 3.8) is 0 Å². The first-order chi connectivity index (χ1) is 7.84. The van der Waals surface area contributed by atoms with Gasteiger partial charge in [0.05, 0.1) is 10.6 Å². The van der Waals surface area contributed by atoms with Gasteiger partial charge in [-0.25, -0.2) is 4.98 Å². The molecular weight excluding hydrogens is 224 g/mol. The van der Waals surface area contributed by atoms with E-state index in [0.29, 0.717) is 22.1 Å². The second kappa shape index (κ2) is 3.61. The van der Waals surface area contributed by atoms with Crippen LogP contribution in [0.1, 0.15) is 0 Å². The van der Waals surface area contributed by atoms with Gasteiger partial charge in [-0.05, 0) is 24.3 Å². The quantitative estimate of drug-likeness (QED) is 0.642. The maximum atomic E-state index is 6.07. The van der Waals surface area contributed by atoms with E-state index in [-0.39, 0.29) is 0 Å². The number of aromatic nitrogens is 2. The van der Waals surface area contributed by atoms with E-state index >= 15 is 0 Å². The molecule has 0 bridgehead atoms. The third-order valence-electron chi connectivity index (χ3n) is 2.27. The number of rotatable bonds is 1. The van der Waals surface area contributed by atoms with Crippen LogP contribution < -0.4 is 0 Å². The molecule has 0 spiro atoms. The molecule has 0 fully saturated rings. The molecular formula is C12H7ClN2O. The Bertz CT molecular complexity index is 615. The summed E-state index contributed by atoms with van der Waals surface area (Å²) in [6.07, 6.45) is 1.68. The van der Waals surface area contributed by atoms with Crippen molar-refractivity contribution < 1.29 is 4.42 Å². The molecule has 3 rings (SSSR count). The topological polar surface area (TPSA) is 38.9 Å². The van der Waals surface area contributed by atoms with Crippen LogP contribution in [0.5, 0.6) is 0 Å². The molecule has 0 amide bonds. The predicted molar refractivity (Wildman–Crippen MR) is 62.3 cm³/mol. The minimum absolute atomic E-state index is 0.499. The molecule has 0 saturated carbocycles. The van der Waals surface area contributed by atoms with E-state index in [1.54, 1.807) is 12.3 Å². The minimum Gasteiger partial charge on any atom is -0.434 e. The molecule has 2 aromatic heterocycles. The van der Waals surface area contributed by atoms with E-state index in [0.717, 1.165) is 5.56 Å². The van der Waals surface area contributed by atoms with Gasteiger partial charge in [-0.15, -0.1) is 0 Å². The molecule has 0 aliphatic carbocycles. The fourth-order valence-electron chi connectivity index (χ4n) is 1.52. The molecule has 0 saturated heterocycles. The Kier molecular flexibility index (Phi) is 2.11. The summed E-state index contributed by atoms with van der Waals surface area (Å²) in [6, 6.07) is 11.1. The van der Waals surface area contributed by atoms with E-state index in [1.807, 2.05) is 30.3 Å². The van der Waals surface area contributed by atoms with E-state index in [1.165, 1.54) is 0 Å². The number of oxazole rings is 1. The largest absolute Gasteiger partial charge is 0.434 e. The molecule has 0 N–H and O–H groups in total. The second-order valence-corrected chi connectivity index (χ2v) is 3.73. The lowest BCUT2D eigenvalue weighted by Crippen LogP contribution is -1.78. The predicted octanol–water partition coefficient (Wildman–Crippen LogP) is 3.54. The van der Waals surface area contributed by atoms with Crippen molar-refractivity contribution in [2.24, 2.45) is 0 Å². The molecule has 78 valence electrons. The average molecular weight is 231 g/mol. The van der Waals surface area contributed by atoms with E-state index in [2.05, 4.69) is 9.97 Å². The third kappa shape index (κ3) is 1.46. The average Bonchev–Trinajstić information content (AvgIpc) is 2.73. The third-order valence-corrected chi connectivity index (χ3v) is 2.60. The van der Waals surface area contributed by atoms with Gasteiger partial charge in [0.1, 0.15) is 0 Å². The Labute approximate surface area is 96.7 Å². The first-order valence-corrected chi connectivity index (χ1v) is 5.19. The highest BCUT2D eigenvalue weighted by molar-refractivity contribution is 6.33. The number of pyridine rings is 1. The van der Waals surface area contributed by atoms with Crippen LogP contribution in [0.2, 0.25) is 5.02 Å². The summed E-state index contributed by atoms with van der Waals surface area (Å²) in [6.45, 7) is 0. The summed E-state index contributed by atoms with van der Waals surface area (Å²) in [5, 5.41) is 0.619. The zero-order chi connectivity index (χ0) is 11.0. The van der Waals surface area contributed by atoms with Crippen LogP contribution in [0.15, 0.2) is 47.0 Å². The zero-order valence-corrected chi connectivity index (χ0v) is 8.98. The lowest BCUT2D eigenvalue weighted by molar-refractivity contribution is 0.619. The highest BCUT2D eigenvalue weighted by Crippen LogP contribution is 2.28. The molecule has 0 unspecified atom stereocenters. The number of nitrogens with zero attached hydrogens (tertiary/aromatic N) is 2. The molecule has 3 aromatic rings. The summed E-state index contributed by atoms with van der Waals surface area (Å²) in [5.41, 5.74) is 2.04. The Hall–Kier alpha value is -1.87. The van der Waals surface area contributed by atoms with E-state index in [9.17, 15) is 0 Å². The Morgan fingerprint density at radius 3 is 2.75 bits per heavy atom. The molecule has 1 aromatic carbocycles. The number of benzene rings is 1. The van der Waals surface area contributed by atoms with Crippen molar-refractivity contribution in [1.82, 2.24) is 9.97 Å². The van der Waals surface area contributed by atoms with Crippen LogP contribution in [0, 0.1) is 0 Å². The van der Waals surface area contributed by atoms with Crippen LogP contribution in [-0.2, 0) is 0 Å². The van der Waals surface area contributed by atoms with Crippen molar-refractivity contribution in [1.29, 1.82) is 0 Å². The molecule has 16 heavy (non-hydrogen) atoms. The molecule has 2 heterocycles. The van der Waals surface area contributed by atoms with Gasteiger partial charge >= 0.3 is 0 Å². The van der Waals surface area contributed by atoms with Crippen molar-refractivity contribution in [2.45, 2.75) is 0 Å². The number of hydrogen-bond donors (Lipinski definition) is 0. The molecule has 0 aliphatic heterocycles. The summed E-state index contributed by atoms with van der Waals surface area (Å²) in [5.74, 6) is 0.499. The van der Waals surface area contributed by atoms with Gasteiger partial charge in [-0.1, -0.05) is 23.7 Å². The van der Waals surface area contributed by atoms with Gasteiger partial charge < -0.3 is 4.42 Å². The number of fused-ring (bicyclic) bond motifs is 1. The number of halogens is 1.